The highest BCUT2D eigenvalue weighted by Gasteiger charge is 2.21. The lowest BCUT2D eigenvalue weighted by Crippen LogP contribution is -2.40. The minimum absolute atomic E-state index is 0.0124. The fourth-order valence-corrected chi connectivity index (χ4v) is 2.60. The third-order valence-electron chi connectivity index (χ3n) is 4.15. The maximum atomic E-state index is 12.4. The molecule has 1 unspecified atom stereocenters. The molecule has 140 valence electrons. The third-order valence-corrected chi connectivity index (χ3v) is 4.15. The molecule has 0 saturated heterocycles. The summed E-state index contributed by atoms with van der Waals surface area (Å²) < 4.78 is 3.22. The molecule has 1 N–H and O–H groups in total. The molecule has 0 fully saturated rings. The first-order chi connectivity index (χ1) is 13.0. The summed E-state index contributed by atoms with van der Waals surface area (Å²) in [6, 6.07) is 8.92. The Morgan fingerprint density at radius 2 is 2.00 bits per heavy atom. The lowest BCUT2D eigenvalue weighted by Gasteiger charge is -2.21. The number of amides is 2. The van der Waals surface area contributed by atoms with E-state index in [0.717, 1.165) is 11.3 Å². The van der Waals surface area contributed by atoms with Crippen molar-refractivity contribution in [3.05, 3.63) is 60.9 Å². The molecule has 9 nitrogen and oxygen atoms in total. The number of hydrogen-bond donors (Lipinski definition) is 1. The van der Waals surface area contributed by atoms with Crippen LogP contribution < -0.4 is 5.32 Å². The summed E-state index contributed by atoms with van der Waals surface area (Å²) in [5, 5.41) is 10.9. The molecule has 9 heteroatoms. The fraction of sp³-hybridized carbons (Fsp3) is 0.278. The van der Waals surface area contributed by atoms with Crippen molar-refractivity contribution in [2.45, 2.75) is 19.5 Å². The smallest absolute Gasteiger partial charge is 0.247 e. The average Bonchev–Trinajstić information content (AvgIpc) is 3.39. The van der Waals surface area contributed by atoms with E-state index in [-0.39, 0.29) is 18.4 Å². The molecule has 0 aliphatic carbocycles. The highest BCUT2D eigenvalue weighted by atomic mass is 16.2. The third kappa shape index (κ3) is 4.57. The van der Waals surface area contributed by atoms with Crippen LogP contribution in [-0.2, 0) is 16.1 Å². The first-order valence-electron chi connectivity index (χ1n) is 8.49. The summed E-state index contributed by atoms with van der Waals surface area (Å²) in [5.74, 6) is -0.398. The van der Waals surface area contributed by atoms with Crippen molar-refractivity contribution in [2.24, 2.45) is 0 Å². The normalized spacial score (nSPS) is 11.8. The molecular formula is C18H21N7O2. The van der Waals surface area contributed by atoms with Gasteiger partial charge in [-0.3, -0.25) is 14.3 Å². The number of nitrogens with zero attached hydrogens (tertiary/aromatic N) is 6. The molecule has 2 heterocycles. The Hall–Kier alpha value is -3.49. The van der Waals surface area contributed by atoms with Gasteiger partial charge in [0, 0.05) is 26.0 Å². The van der Waals surface area contributed by atoms with Crippen LogP contribution >= 0.6 is 0 Å². The molecule has 0 aliphatic heterocycles. The van der Waals surface area contributed by atoms with Crippen molar-refractivity contribution in [3.8, 4) is 5.69 Å². The lowest BCUT2D eigenvalue weighted by atomic mass is 10.2. The van der Waals surface area contributed by atoms with Gasteiger partial charge < -0.3 is 10.2 Å². The number of hydrogen-bond acceptors (Lipinski definition) is 5. The lowest BCUT2D eigenvalue weighted by molar-refractivity contribution is -0.137. The van der Waals surface area contributed by atoms with Crippen molar-refractivity contribution in [3.63, 3.8) is 0 Å². The SMILES string of the molecule is CC(C(=O)N(C)CC(=O)NCc1ccc(-n2cncn2)cc1)n1cccn1. The van der Waals surface area contributed by atoms with E-state index in [1.807, 2.05) is 24.3 Å². The van der Waals surface area contributed by atoms with Gasteiger partial charge in [-0.05, 0) is 30.7 Å². The van der Waals surface area contributed by atoms with Gasteiger partial charge in [0.1, 0.15) is 18.7 Å². The van der Waals surface area contributed by atoms with Crippen LogP contribution in [0.2, 0.25) is 0 Å². The predicted molar refractivity (Wildman–Crippen MR) is 97.8 cm³/mol. The van der Waals surface area contributed by atoms with Gasteiger partial charge in [0.2, 0.25) is 11.8 Å². The second-order valence-corrected chi connectivity index (χ2v) is 6.14. The molecule has 0 spiro atoms. The monoisotopic (exact) mass is 367 g/mol. The molecule has 1 aromatic carbocycles. The van der Waals surface area contributed by atoms with E-state index in [1.165, 1.54) is 11.2 Å². The fourth-order valence-electron chi connectivity index (χ4n) is 2.60. The minimum atomic E-state index is -0.456. The quantitative estimate of drug-likeness (QED) is 0.666. The van der Waals surface area contributed by atoms with Crippen LogP contribution in [0.3, 0.4) is 0 Å². The van der Waals surface area contributed by atoms with Gasteiger partial charge in [-0.25, -0.2) is 9.67 Å². The van der Waals surface area contributed by atoms with E-state index in [9.17, 15) is 9.59 Å². The predicted octanol–water partition coefficient (Wildman–Crippen LogP) is 0.800. The van der Waals surface area contributed by atoms with Crippen LogP contribution in [0.1, 0.15) is 18.5 Å². The standard InChI is InChI=1S/C18H21N7O2/c1-14(24-9-3-8-21-24)18(27)23(2)11-17(26)20-10-15-4-6-16(7-5-15)25-13-19-12-22-25/h3-9,12-14H,10-11H2,1-2H3,(H,20,26). The highest BCUT2D eigenvalue weighted by molar-refractivity contribution is 5.86. The molecule has 27 heavy (non-hydrogen) atoms. The van der Waals surface area contributed by atoms with Gasteiger partial charge in [-0.15, -0.1) is 0 Å². The number of carbonyl (C=O) groups excluding carboxylic acids is 2. The van der Waals surface area contributed by atoms with Gasteiger partial charge in [0.05, 0.1) is 12.2 Å². The van der Waals surface area contributed by atoms with Crippen molar-refractivity contribution in [1.29, 1.82) is 0 Å². The van der Waals surface area contributed by atoms with E-state index in [0.29, 0.717) is 6.54 Å². The summed E-state index contributed by atoms with van der Waals surface area (Å²) >= 11 is 0. The summed E-state index contributed by atoms with van der Waals surface area (Å²) in [4.78, 5) is 29.8. The summed E-state index contributed by atoms with van der Waals surface area (Å²) in [6.07, 6.45) is 6.43. The summed E-state index contributed by atoms with van der Waals surface area (Å²) in [6.45, 7) is 2.12. The molecule has 0 radical (unpaired) electrons. The maximum absolute atomic E-state index is 12.4. The summed E-state index contributed by atoms with van der Waals surface area (Å²) in [7, 11) is 1.61. The zero-order valence-corrected chi connectivity index (χ0v) is 15.2. The van der Waals surface area contributed by atoms with Gasteiger partial charge in [0.15, 0.2) is 0 Å². The van der Waals surface area contributed by atoms with E-state index < -0.39 is 6.04 Å². The van der Waals surface area contributed by atoms with Crippen LogP contribution in [0.4, 0.5) is 0 Å². The maximum Gasteiger partial charge on any atom is 0.247 e. The Labute approximate surface area is 156 Å². The zero-order valence-electron chi connectivity index (χ0n) is 15.2. The van der Waals surface area contributed by atoms with Crippen molar-refractivity contribution >= 4 is 11.8 Å². The van der Waals surface area contributed by atoms with Crippen molar-refractivity contribution in [1.82, 2.24) is 34.8 Å². The topological polar surface area (TPSA) is 97.9 Å². The van der Waals surface area contributed by atoms with Crippen LogP contribution in [0.5, 0.6) is 0 Å². The number of benzene rings is 1. The Morgan fingerprint density at radius 1 is 1.22 bits per heavy atom. The van der Waals surface area contributed by atoms with Gasteiger partial charge in [0.25, 0.3) is 0 Å². The van der Waals surface area contributed by atoms with Crippen molar-refractivity contribution in [2.75, 3.05) is 13.6 Å². The molecule has 1 atom stereocenters. The van der Waals surface area contributed by atoms with Crippen LogP contribution in [-0.4, -0.2) is 54.9 Å². The first kappa shape index (κ1) is 18.3. The molecule has 0 bridgehead atoms. The van der Waals surface area contributed by atoms with Crippen LogP contribution in [0.25, 0.3) is 5.69 Å². The Balaban J connectivity index is 1.48. The van der Waals surface area contributed by atoms with Gasteiger partial charge in [-0.1, -0.05) is 12.1 Å². The second kappa shape index (κ2) is 8.26. The molecule has 0 aliphatic rings. The number of rotatable bonds is 7. The number of aromatic nitrogens is 5. The van der Waals surface area contributed by atoms with Crippen LogP contribution in [0.15, 0.2) is 55.4 Å². The van der Waals surface area contributed by atoms with Gasteiger partial charge in [-0.2, -0.15) is 10.2 Å². The van der Waals surface area contributed by atoms with E-state index in [2.05, 4.69) is 20.5 Å². The Kier molecular flexibility index (Phi) is 5.60. The highest BCUT2D eigenvalue weighted by Crippen LogP contribution is 2.09. The minimum Gasteiger partial charge on any atom is -0.350 e. The molecule has 3 aromatic rings. The Bertz CT molecular complexity index is 873. The van der Waals surface area contributed by atoms with E-state index in [4.69, 9.17) is 0 Å². The molecule has 2 aromatic heterocycles. The zero-order chi connectivity index (χ0) is 19.2. The number of nitrogens with one attached hydrogen (secondary N) is 1. The number of likely N-dealkylation sites (N-methyl/N-ethyl adjacent to an activating group) is 1. The van der Waals surface area contributed by atoms with E-state index >= 15 is 0 Å². The van der Waals surface area contributed by atoms with Crippen LogP contribution in [0, 0.1) is 0 Å². The largest absolute Gasteiger partial charge is 0.350 e. The Morgan fingerprint density at radius 3 is 2.63 bits per heavy atom. The molecular weight excluding hydrogens is 346 g/mol. The molecule has 3 rings (SSSR count). The van der Waals surface area contributed by atoms with E-state index in [1.54, 1.807) is 48.1 Å². The average molecular weight is 367 g/mol. The van der Waals surface area contributed by atoms with Gasteiger partial charge >= 0.3 is 0 Å². The first-order valence-corrected chi connectivity index (χ1v) is 8.49. The van der Waals surface area contributed by atoms with Crippen molar-refractivity contribution < 1.29 is 9.59 Å². The number of carbonyl (C=O) groups is 2. The molecule has 2 amide bonds. The summed E-state index contributed by atoms with van der Waals surface area (Å²) in [5.41, 5.74) is 1.84. The second-order valence-electron chi connectivity index (χ2n) is 6.14. The molecule has 0 saturated carbocycles.